The lowest BCUT2D eigenvalue weighted by Crippen LogP contribution is -2.30. The number of methoxy groups -OCH3 is 1. The number of rotatable bonds is 10. The van der Waals surface area contributed by atoms with Gasteiger partial charge in [-0.15, -0.1) is 11.8 Å². The molecule has 0 heterocycles. The highest BCUT2D eigenvalue weighted by Gasteiger charge is 2.30. The summed E-state index contributed by atoms with van der Waals surface area (Å²) in [6, 6.07) is 26.5. The van der Waals surface area contributed by atoms with Gasteiger partial charge >= 0.3 is 6.18 Å². The van der Waals surface area contributed by atoms with Gasteiger partial charge in [-0.25, -0.2) is 0 Å². The highest BCUT2D eigenvalue weighted by atomic mass is 32.2. The number of carbonyl (C=O) groups is 3. The van der Waals surface area contributed by atoms with Crippen molar-refractivity contribution in [2.24, 2.45) is 0 Å². The van der Waals surface area contributed by atoms with E-state index in [1.165, 1.54) is 37.1 Å². The number of hydrogen-bond acceptors (Lipinski definition) is 5. The Morgan fingerprint density at radius 3 is 2.23 bits per heavy atom. The average Bonchev–Trinajstić information content (AvgIpc) is 3.00. The van der Waals surface area contributed by atoms with Gasteiger partial charge in [-0.05, 0) is 78.4 Å². The van der Waals surface area contributed by atoms with Crippen LogP contribution in [0.2, 0.25) is 0 Å². The summed E-state index contributed by atoms with van der Waals surface area (Å²) in [4.78, 5) is 39.1. The molecule has 0 fully saturated rings. The molecule has 220 valence electrons. The third-order valence-electron chi connectivity index (χ3n) is 5.89. The van der Waals surface area contributed by atoms with Crippen LogP contribution in [0.25, 0.3) is 6.08 Å². The smallest absolute Gasteiger partial charge is 0.416 e. The summed E-state index contributed by atoms with van der Waals surface area (Å²) in [6.45, 7) is 0. The minimum Gasteiger partial charge on any atom is -0.497 e. The first-order chi connectivity index (χ1) is 20.6. The topological polar surface area (TPSA) is 96.5 Å². The second kappa shape index (κ2) is 14.2. The van der Waals surface area contributed by atoms with E-state index >= 15 is 0 Å². The predicted octanol–water partition coefficient (Wildman–Crippen LogP) is 6.85. The molecule has 0 aromatic heterocycles. The van der Waals surface area contributed by atoms with Crippen LogP contribution in [0.15, 0.2) is 114 Å². The summed E-state index contributed by atoms with van der Waals surface area (Å²) in [6.07, 6.45) is -2.97. The third kappa shape index (κ3) is 9.23. The van der Waals surface area contributed by atoms with Gasteiger partial charge in [-0.3, -0.25) is 14.4 Å². The molecule has 0 aliphatic carbocycles. The summed E-state index contributed by atoms with van der Waals surface area (Å²) in [5.74, 6) is -0.948. The minimum absolute atomic E-state index is 0.00632. The van der Waals surface area contributed by atoms with Gasteiger partial charge in [0, 0.05) is 21.8 Å². The summed E-state index contributed by atoms with van der Waals surface area (Å²) < 4.78 is 44.0. The van der Waals surface area contributed by atoms with E-state index in [9.17, 15) is 27.6 Å². The van der Waals surface area contributed by atoms with E-state index < -0.39 is 29.5 Å². The zero-order valence-corrected chi connectivity index (χ0v) is 23.6. The number of ether oxygens (including phenoxy) is 1. The molecule has 4 aromatic carbocycles. The Balaban J connectivity index is 1.40. The molecule has 0 unspecified atom stereocenters. The maximum Gasteiger partial charge on any atom is 0.416 e. The molecule has 7 nitrogen and oxygen atoms in total. The van der Waals surface area contributed by atoms with Crippen molar-refractivity contribution in [1.29, 1.82) is 0 Å². The fourth-order valence-electron chi connectivity index (χ4n) is 3.79. The molecule has 0 aliphatic rings. The van der Waals surface area contributed by atoms with Crippen molar-refractivity contribution in [3.63, 3.8) is 0 Å². The van der Waals surface area contributed by atoms with E-state index in [0.29, 0.717) is 27.5 Å². The number of carbonyl (C=O) groups excluding carboxylic acids is 3. The molecule has 3 amide bonds. The van der Waals surface area contributed by atoms with Crippen LogP contribution >= 0.6 is 11.8 Å². The number of alkyl halides is 3. The first-order valence-electron chi connectivity index (χ1n) is 12.8. The van der Waals surface area contributed by atoms with E-state index in [2.05, 4.69) is 16.0 Å². The predicted molar refractivity (Wildman–Crippen MR) is 161 cm³/mol. The number of hydrogen-bond donors (Lipinski definition) is 3. The van der Waals surface area contributed by atoms with Crippen molar-refractivity contribution >= 4 is 46.9 Å². The van der Waals surface area contributed by atoms with Gasteiger partial charge in [0.1, 0.15) is 11.4 Å². The molecule has 0 spiro atoms. The van der Waals surface area contributed by atoms with E-state index in [-0.39, 0.29) is 17.1 Å². The van der Waals surface area contributed by atoms with Gasteiger partial charge in [0.2, 0.25) is 5.91 Å². The number of benzene rings is 4. The van der Waals surface area contributed by atoms with Crippen molar-refractivity contribution in [3.8, 4) is 5.75 Å². The zero-order chi connectivity index (χ0) is 30.8. The van der Waals surface area contributed by atoms with Crippen LogP contribution in [0.4, 0.5) is 24.5 Å². The molecule has 0 saturated carbocycles. The Morgan fingerprint density at radius 2 is 1.53 bits per heavy atom. The highest BCUT2D eigenvalue weighted by molar-refractivity contribution is 8.00. The average molecular weight is 606 g/mol. The number of thioether (sulfide) groups is 1. The first kappa shape index (κ1) is 30.9. The van der Waals surface area contributed by atoms with Crippen molar-refractivity contribution < 1.29 is 32.3 Å². The SMILES string of the molecule is COc1cccc(/C=C(\NC(=O)c2ccccc2)C(=O)Nc2ccc(SCC(=O)Nc3cccc(C(F)(F)F)c3)cc2)c1. The molecule has 0 radical (unpaired) electrons. The van der Waals surface area contributed by atoms with Gasteiger partial charge in [0.25, 0.3) is 11.8 Å². The first-order valence-corrected chi connectivity index (χ1v) is 13.8. The van der Waals surface area contributed by atoms with Crippen molar-refractivity contribution in [2.45, 2.75) is 11.1 Å². The fraction of sp³-hybridized carbons (Fsp3) is 0.0938. The largest absolute Gasteiger partial charge is 0.497 e. The van der Waals surface area contributed by atoms with E-state index in [1.807, 2.05) is 0 Å². The number of nitrogens with one attached hydrogen (secondary N) is 3. The molecule has 4 aromatic rings. The maximum atomic E-state index is 13.2. The molecule has 4 rings (SSSR count). The number of halogens is 3. The van der Waals surface area contributed by atoms with Crippen molar-refractivity contribution in [1.82, 2.24) is 5.32 Å². The molecule has 3 N–H and O–H groups in total. The second-order valence-corrected chi connectivity index (χ2v) is 10.1. The van der Waals surface area contributed by atoms with Crippen molar-refractivity contribution in [3.05, 3.63) is 126 Å². The molecular weight excluding hydrogens is 579 g/mol. The van der Waals surface area contributed by atoms with Crippen LogP contribution in [0.3, 0.4) is 0 Å². The quantitative estimate of drug-likeness (QED) is 0.136. The van der Waals surface area contributed by atoms with Crippen molar-refractivity contribution in [2.75, 3.05) is 23.5 Å². The van der Waals surface area contributed by atoms with Crippen LogP contribution in [-0.2, 0) is 15.8 Å². The van der Waals surface area contributed by atoms with E-state index in [0.717, 1.165) is 12.1 Å². The van der Waals surface area contributed by atoms with E-state index in [4.69, 9.17) is 4.74 Å². The highest BCUT2D eigenvalue weighted by Crippen LogP contribution is 2.31. The lowest BCUT2D eigenvalue weighted by molar-refractivity contribution is -0.137. The Labute approximate surface area is 250 Å². The van der Waals surface area contributed by atoms with Gasteiger partial charge < -0.3 is 20.7 Å². The molecule has 0 bridgehead atoms. The standard InChI is InChI=1S/C32H26F3N3O4S/c1-42-26-12-5-7-21(17-26)18-28(38-30(40)22-8-3-2-4-9-22)31(41)37-24-13-15-27(16-14-24)43-20-29(39)36-25-11-6-10-23(19-25)32(33,34)35/h2-19H,20H2,1H3,(H,36,39)(H,37,41)(H,38,40)/b28-18-. The number of anilines is 2. The summed E-state index contributed by atoms with van der Waals surface area (Å²) in [7, 11) is 1.53. The molecular formula is C32H26F3N3O4S. The lowest BCUT2D eigenvalue weighted by atomic mass is 10.1. The van der Waals surface area contributed by atoms with Crippen LogP contribution in [0.1, 0.15) is 21.5 Å². The van der Waals surface area contributed by atoms with Gasteiger partial charge in [0.05, 0.1) is 18.4 Å². The zero-order valence-electron chi connectivity index (χ0n) is 22.8. The van der Waals surface area contributed by atoms with E-state index in [1.54, 1.807) is 78.9 Å². The summed E-state index contributed by atoms with van der Waals surface area (Å²) in [5, 5.41) is 7.89. The Morgan fingerprint density at radius 1 is 0.814 bits per heavy atom. The lowest BCUT2D eigenvalue weighted by Gasteiger charge is -2.12. The van der Waals surface area contributed by atoms with Gasteiger partial charge in [-0.2, -0.15) is 13.2 Å². The normalized spacial score (nSPS) is 11.4. The van der Waals surface area contributed by atoms with Crippen LogP contribution < -0.4 is 20.7 Å². The van der Waals surface area contributed by atoms with Gasteiger partial charge in [0.15, 0.2) is 0 Å². The Kier molecular flexibility index (Phi) is 10.2. The van der Waals surface area contributed by atoms with Gasteiger partial charge in [-0.1, -0.05) is 36.4 Å². The molecule has 11 heteroatoms. The monoisotopic (exact) mass is 605 g/mol. The van der Waals surface area contributed by atoms with Crippen LogP contribution in [0.5, 0.6) is 5.75 Å². The minimum atomic E-state index is -4.51. The summed E-state index contributed by atoms with van der Waals surface area (Å²) >= 11 is 1.18. The van der Waals surface area contributed by atoms with Crippen LogP contribution in [0, 0.1) is 0 Å². The fourth-order valence-corrected chi connectivity index (χ4v) is 4.49. The maximum absolute atomic E-state index is 13.2. The number of amides is 3. The second-order valence-electron chi connectivity index (χ2n) is 9.05. The molecule has 0 atom stereocenters. The van der Waals surface area contributed by atoms with Crippen LogP contribution in [-0.4, -0.2) is 30.6 Å². The molecule has 0 aliphatic heterocycles. The molecule has 43 heavy (non-hydrogen) atoms. The summed E-state index contributed by atoms with van der Waals surface area (Å²) in [5.41, 5.74) is 0.658. The Hall–Kier alpha value is -5.03. The third-order valence-corrected chi connectivity index (χ3v) is 6.90. The molecule has 0 saturated heterocycles. The Bertz CT molecular complexity index is 1630.